The fourth-order valence-electron chi connectivity index (χ4n) is 2.55. The van der Waals surface area contributed by atoms with Gasteiger partial charge in [-0.2, -0.15) is 5.10 Å². The summed E-state index contributed by atoms with van der Waals surface area (Å²) in [5.74, 6) is 0.889. The molecule has 0 unspecified atom stereocenters. The van der Waals surface area contributed by atoms with Crippen molar-refractivity contribution in [1.82, 2.24) is 15.1 Å². The molecule has 0 amide bonds. The fourth-order valence-corrected chi connectivity index (χ4v) is 2.55. The summed E-state index contributed by atoms with van der Waals surface area (Å²) >= 11 is 0. The lowest BCUT2D eigenvalue weighted by Gasteiger charge is -2.17. The van der Waals surface area contributed by atoms with E-state index in [1.54, 1.807) is 18.5 Å². The van der Waals surface area contributed by atoms with E-state index in [1.807, 2.05) is 12.1 Å². The molecule has 2 aromatic rings. The molecule has 3 rings (SSSR count). The van der Waals surface area contributed by atoms with E-state index in [2.05, 4.69) is 15.3 Å². The first-order valence-electron chi connectivity index (χ1n) is 7.38. The summed E-state index contributed by atoms with van der Waals surface area (Å²) in [7, 11) is 0. The third kappa shape index (κ3) is 3.52. The summed E-state index contributed by atoms with van der Waals surface area (Å²) in [5.41, 5.74) is 0.900. The van der Waals surface area contributed by atoms with Crippen LogP contribution in [0.2, 0.25) is 0 Å². The first-order chi connectivity index (χ1) is 10.3. The zero-order valence-electron chi connectivity index (χ0n) is 12.0. The van der Waals surface area contributed by atoms with Gasteiger partial charge in [0.05, 0.1) is 31.2 Å². The molecule has 21 heavy (non-hydrogen) atoms. The van der Waals surface area contributed by atoms with Gasteiger partial charge in [0, 0.05) is 25.7 Å². The van der Waals surface area contributed by atoms with Crippen molar-refractivity contribution in [3.05, 3.63) is 46.8 Å². The van der Waals surface area contributed by atoms with Crippen molar-refractivity contribution in [2.24, 2.45) is 0 Å². The predicted octanol–water partition coefficient (Wildman–Crippen LogP) is 1.23. The summed E-state index contributed by atoms with van der Waals surface area (Å²) in [4.78, 5) is 14.3. The van der Waals surface area contributed by atoms with E-state index in [0.29, 0.717) is 19.6 Å². The lowest BCUT2D eigenvalue weighted by molar-refractivity contribution is 0.465. The maximum Gasteiger partial charge on any atom is 0.268 e. The highest BCUT2D eigenvalue weighted by atomic mass is 16.3. The number of anilines is 1. The van der Waals surface area contributed by atoms with Gasteiger partial charge in [0.2, 0.25) is 0 Å². The molecule has 1 saturated heterocycles. The Labute approximate surface area is 123 Å². The van der Waals surface area contributed by atoms with Crippen molar-refractivity contribution in [2.45, 2.75) is 25.9 Å². The summed E-state index contributed by atoms with van der Waals surface area (Å²) in [6, 6.07) is 5.47. The molecule has 0 bridgehead atoms. The molecule has 0 saturated carbocycles. The van der Waals surface area contributed by atoms with Gasteiger partial charge in [-0.1, -0.05) is 0 Å². The molecule has 0 aliphatic carbocycles. The van der Waals surface area contributed by atoms with Gasteiger partial charge in [-0.15, -0.1) is 0 Å². The number of aromatic nitrogens is 2. The average molecular weight is 288 g/mol. The molecule has 1 aliphatic heterocycles. The Kier molecular flexibility index (Phi) is 4.35. The Hall–Kier alpha value is -2.08. The molecule has 0 spiro atoms. The Morgan fingerprint density at radius 3 is 2.90 bits per heavy atom. The summed E-state index contributed by atoms with van der Waals surface area (Å²) in [5, 5.41) is 7.49. The van der Waals surface area contributed by atoms with Gasteiger partial charge in [0.15, 0.2) is 0 Å². The Balaban J connectivity index is 1.52. The van der Waals surface area contributed by atoms with Gasteiger partial charge in [0.25, 0.3) is 5.56 Å². The maximum absolute atomic E-state index is 12.0. The molecular formula is C15H20N4O2. The lowest BCUT2D eigenvalue weighted by Crippen LogP contribution is -2.30. The summed E-state index contributed by atoms with van der Waals surface area (Å²) in [6.45, 7) is 3.94. The van der Waals surface area contributed by atoms with Crippen LogP contribution in [0, 0.1) is 0 Å². The molecular weight excluding hydrogens is 268 g/mol. The highest BCUT2D eigenvalue weighted by molar-refractivity contribution is 5.43. The molecule has 6 heteroatoms. The van der Waals surface area contributed by atoms with E-state index in [4.69, 9.17) is 4.42 Å². The van der Waals surface area contributed by atoms with Crippen LogP contribution in [0.3, 0.4) is 0 Å². The summed E-state index contributed by atoms with van der Waals surface area (Å²) < 4.78 is 6.72. The van der Waals surface area contributed by atoms with Crippen LogP contribution in [-0.2, 0) is 13.1 Å². The van der Waals surface area contributed by atoms with E-state index in [1.165, 1.54) is 17.5 Å². The minimum Gasteiger partial charge on any atom is -0.468 e. The second-order valence-corrected chi connectivity index (χ2v) is 5.23. The van der Waals surface area contributed by atoms with E-state index in [0.717, 1.165) is 24.5 Å². The molecule has 3 heterocycles. The third-order valence-electron chi connectivity index (χ3n) is 3.71. The average Bonchev–Trinajstić information content (AvgIpc) is 3.18. The number of nitrogens with one attached hydrogen (secondary N) is 1. The number of nitrogens with zero attached hydrogens (tertiary/aromatic N) is 3. The zero-order chi connectivity index (χ0) is 14.5. The van der Waals surface area contributed by atoms with Gasteiger partial charge in [-0.05, 0) is 25.0 Å². The van der Waals surface area contributed by atoms with Crippen molar-refractivity contribution in [1.29, 1.82) is 0 Å². The largest absolute Gasteiger partial charge is 0.468 e. The Bertz CT molecular complexity index is 615. The van der Waals surface area contributed by atoms with Crippen molar-refractivity contribution >= 4 is 5.69 Å². The SMILES string of the molecule is O=c1cc(N2CCCC2)cnn1CCNCc1ccco1. The third-order valence-corrected chi connectivity index (χ3v) is 3.71. The van der Waals surface area contributed by atoms with Gasteiger partial charge in [-0.3, -0.25) is 4.79 Å². The Morgan fingerprint density at radius 1 is 1.33 bits per heavy atom. The van der Waals surface area contributed by atoms with Crippen LogP contribution in [0.4, 0.5) is 5.69 Å². The van der Waals surface area contributed by atoms with E-state index < -0.39 is 0 Å². The molecule has 6 nitrogen and oxygen atoms in total. The molecule has 0 atom stereocenters. The predicted molar refractivity (Wildman–Crippen MR) is 80.4 cm³/mol. The van der Waals surface area contributed by atoms with E-state index in [-0.39, 0.29) is 5.56 Å². The topological polar surface area (TPSA) is 63.3 Å². The van der Waals surface area contributed by atoms with Crippen LogP contribution in [0.1, 0.15) is 18.6 Å². The van der Waals surface area contributed by atoms with Crippen molar-refractivity contribution in [3.8, 4) is 0 Å². The first-order valence-corrected chi connectivity index (χ1v) is 7.38. The Morgan fingerprint density at radius 2 is 2.19 bits per heavy atom. The minimum absolute atomic E-state index is 0.0424. The van der Waals surface area contributed by atoms with Gasteiger partial charge >= 0.3 is 0 Å². The van der Waals surface area contributed by atoms with E-state index >= 15 is 0 Å². The standard InChI is InChI=1S/C15H20N4O2/c20-15-10-13(18-6-1-2-7-18)11-17-19(15)8-5-16-12-14-4-3-9-21-14/h3-4,9-11,16H,1-2,5-8,12H2. The quantitative estimate of drug-likeness (QED) is 0.810. The smallest absolute Gasteiger partial charge is 0.268 e. The van der Waals surface area contributed by atoms with Crippen LogP contribution in [0.25, 0.3) is 0 Å². The number of rotatable bonds is 6. The highest BCUT2D eigenvalue weighted by Crippen LogP contribution is 2.16. The molecule has 0 aromatic carbocycles. The highest BCUT2D eigenvalue weighted by Gasteiger charge is 2.13. The van der Waals surface area contributed by atoms with Crippen molar-refractivity contribution < 1.29 is 4.42 Å². The normalized spacial score (nSPS) is 14.8. The maximum atomic E-state index is 12.0. The summed E-state index contributed by atoms with van der Waals surface area (Å²) in [6.07, 6.45) is 5.83. The zero-order valence-corrected chi connectivity index (χ0v) is 12.0. The number of hydrogen-bond acceptors (Lipinski definition) is 5. The number of furan rings is 1. The van der Waals surface area contributed by atoms with Crippen LogP contribution < -0.4 is 15.8 Å². The molecule has 1 aliphatic rings. The van der Waals surface area contributed by atoms with Gasteiger partial charge in [-0.25, -0.2) is 4.68 Å². The molecule has 0 radical (unpaired) electrons. The van der Waals surface area contributed by atoms with Crippen LogP contribution >= 0.6 is 0 Å². The minimum atomic E-state index is -0.0424. The van der Waals surface area contributed by atoms with Gasteiger partial charge in [0.1, 0.15) is 5.76 Å². The molecule has 1 N–H and O–H groups in total. The molecule has 112 valence electrons. The monoisotopic (exact) mass is 288 g/mol. The molecule has 1 fully saturated rings. The lowest BCUT2D eigenvalue weighted by atomic mass is 10.4. The van der Waals surface area contributed by atoms with Crippen LogP contribution in [0.15, 0.2) is 39.9 Å². The van der Waals surface area contributed by atoms with E-state index in [9.17, 15) is 4.79 Å². The fraction of sp³-hybridized carbons (Fsp3) is 0.467. The molecule has 2 aromatic heterocycles. The van der Waals surface area contributed by atoms with Crippen LogP contribution in [-0.4, -0.2) is 29.4 Å². The number of hydrogen-bond donors (Lipinski definition) is 1. The second-order valence-electron chi connectivity index (χ2n) is 5.23. The first kappa shape index (κ1) is 13.9. The second kappa shape index (κ2) is 6.58. The van der Waals surface area contributed by atoms with Gasteiger partial charge < -0.3 is 14.6 Å². The van der Waals surface area contributed by atoms with Crippen molar-refractivity contribution in [3.63, 3.8) is 0 Å². The van der Waals surface area contributed by atoms with Crippen molar-refractivity contribution in [2.75, 3.05) is 24.5 Å². The van der Waals surface area contributed by atoms with Crippen LogP contribution in [0.5, 0.6) is 0 Å².